The van der Waals surface area contributed by atoms with Crippen molar-refractivity contribution in [3.63, 3.8) is 0 Å². The van der Waals surface area contributed by atoms with Gasteiger partial charge >= 0.3 is 6.18 Å². The molecule has 2 rings (SSSR count). The zero-order chi connectivity index (χ0) is 18.7. The number of carbonyl (C=O) groups excluding carboxylic acids is 1. The quantitative estimate of drug-likeness (QED) is 0.818. The van der Waals surface area contributed by atoms with Crippen LogP contribution in [0.1, 0.15) is 10.4 Å². The highest BCUT2D eigenvalue weighted by Crippen LogP contribution is 2.22. The largest absolute Gasteiger partial charge is 0.405 e. The van der Waals surface area contributed by atoms with Gasteiger partial charge in [-0.15, -0.1) is 0 Å². The molecule has 0 aliphatic carbocycles. The predicted octanol–water partition coefficient (Wildman–Crippen LogP) is 3.43. The Bertz CT molecular complexity index is 868. The second kappa shape index (κ2) is 7.32. The molecule has 25 heavy (non-hydrogen) atoms. The monoisotopic (exact) mass is 392 g/mol. The Morgan fingerprint density at radius 3 is 2.24 bits per heavy atom. The molecule has 0 aromatic heterocycles. The maximum absolute atomic E-state index is 12.3. The van der Waals surface area contributed by atoms with Gasteiger partial charge in [0.05, 0.1) is 16.1 Å². The Balaban J connectivity index is 2.25. The van der Waals surface area contributed by atoms with Crippen molar-refractivity contribution in [3.05, 3.63) is 59.1 Å². The lowest BCUT2D eigenvalue weighted by Crippen LogP contribution is -2.34. The number of hydrogen-bond acceptors (Lipinski definition) is 3. The first kappa shape index (κ1) is 19.1. The Hall–Kier alpha value is -2.26. The van der Waals surface area contributed by atoms with E-state index in [4.69, 9.17) is 11.6 Å². The molecule has 0 heterocycles. The normalized spacial score (nSPS) is 11.8. The van der Waals surface area contributed by atoms with E-state index in [1.165, 1.54) is 48.5 Å². The lowest BCUT2D eigenvalue weighted by molar-refractivity contribution is -0.123. The molecule has 0 bridgehead atoms. The minimum Gasteiger partial charge on any atom is -0.343 e. The molecule has 10 heteroatoms. The summed E-state index contributed by atoms with van der Waals surface area (Å²) in [6.45, 7) is -1.52. The van der Waals surface area contributed by atoms with Gasteiger partial charge in [-0.05, 0) is 36.4 Å². The molecule has 0 unspecified atom stereocenters. The maximum Gasteiger partial charge on any atom is 0.405 e. The van der Waals surface area contributed by atoms with Crippen LogP contribution < -0.4 is 10.0 Å². The SMILES string of the molecule is O=C(NCC(F)(F)F)c1ccccc1NS(=O)(=O)c1ccc(Cl)cc1. The zero-order valence-electron chi connectivity index (χ0n) is 12.5. The number of sulfonamides is 1. The van der Waals surface area contributed by atoms with Crippen LogP contribution in [-0.2, 0) is 10.0 Å². The molecule has 1 amide bonds. The highest BCUT2D eigenvalue weighted by molar-refractivity contribution is 7.92. The molecular weight excluding hydrogens is 381 g/mol. The van der Waals surface area contributed by atoms with Crippen molar-refractivity contribution in [2.24, 2.45) is 0 Å². The third-order valence-corrected chi connectivity index (χ3v) is 4.62. The van der Waals surface area contributed by atoms with Gasteiger partial charge in [-0.3, -0.25) is 9.52 Å². The fourth-order valence-corrected chi connectivity index (χ4v) is 3.07. The first-order chi connectivity index (χ1) is 11.6. The number of benzene rings is 2. The van der Waals surface area contributed by atoms with Gasteiger partial charge in [-0.1, -0.05) is 23.7 Å². The van der Waals surface area contributed by atoms with Gasteiger partial charge in [0.25, 0.3) is 15.9 Å². The van der Waals surface area contributed by atoms with E-state index in [1.54, 1.807) is 5.32 Å². The summed E-state index contributed by atoms with van der Waals surface area (Å²) in [6.07, 6.45) is -4.58. The van der Waals surface area contributed by atoms with E-state index in [2.05, 4.69) is 4.72 Å². The molecule has 0 aliphatic heterocycles. The number of amides is 1. The summed E-state index contributed by atoms with van der Waals surface area (Å²) >= 11 is 5.70. The molecule has 0 saturated carbocycles. The summed E-state index contributed by atoms with van der Waals surface area (Å²) in [5, 5.41) is 2.03. The predicted molar refractivity (Wildman–Crippen MR) is 87.1 cm³/mol. The number of para-hydroxylation sites is 1. The van der Waals surface area contributed by atoms with Gasteiger partial charge in [0.2, 0.25) is 0 Å². The van der Waals surface area contributed by atoms with Gasteiger partial charge < -0.3 is 5.32 Å². The van der Waals surface area contributed by atoms with E-state index < -0.39 is 28.7 Å². The van der Waals surface area contributed by atoms with E-state index in [9.17, 15) is 26.4 Å². The van der Waals surface area contributed by atoms with Crippen molar-refractivity contribution < 1.29 is 26.4 Å². The standard InChI is InChI=1S/C15H12ClF3N2O3S/c16-10-5-7-11(8-6-10)25(23,24)21-13-4-2-1-3-12(13)14(22)20-9-15(17,18)19/h1-8,21H,9H2,(H,20,22). The van der Waals surface area contributed by atoms with Crippen molar-refractivity contribution in [2.45, 2.75) is 11.1 Å². The Morgan fingerprint density at radius 1 is 1.04 bits per heavy atom. The lowest BCUT2D eigenvalue weighted by atomic mass is 10.1. The number of anilines is 1. The number of alkyl halides is 3. The Kier molecular flexibility index (Phi) is 5.58. The number of carbonyl (C=O) groups is 1. The fourth-order valence-electron chi connectivity index (χ4n) is 1.86. The molecule has 0 spiro atoms. The van der Waals surface area contributed by atoms with Crippen molar-refractivity contribution in [3.8, 4) is 0 Å². The van der Waals surface area contributed by atoms with Crippen molar-refractivity contribution >= 4 is 33.2 Å². The van der Waals surface area contributed by atoms with Gasteiger partial charge in [0, 0.05) is 5.02 Å². The van der Waals surface area contributed by atoms with Crippen molar-refractivity contribution in [1.29, 1.82) is 0 Å². The molecule has 2 N–H and O–H groups in total. The molecule has 134 valence electrons. The lowest BCUT2D eigenvalue weighted by Gasteiger charge is -2.13. The minimum atomic E-state index is -4.58. The maximum atomic E-state index is 12.3. The van der Waals surface area contributed by atoms with Crippen molar-refractivity contribution in [2.75, 3.05) is 11.3 Å². The number of rotatable bonds is 5. The molecule has 0 fully saturated rings. The molecule has 0 saturated heterocycles. The topological polar surface area (TPSA) is 75.3 Å². The smallest absolute Gasteiger partial charge is 0.343 e. The van der Waals surface area contributed by atoms with E-state index >= 15 is 0 Å². The second-order valence-corrected chi connectivity index (χ2v) is 7.02. The third kappa shape index (κ3) is 5.36. The average Bonchev–Trinajstić information content (AvgIpc) is 2.52. The third-order valence-electron chi connectivity index (χ3n) is 2.99. The summed E-state index contributed by atoms with van der Waals surface area (Å²) in [6, 6.07) is 10.6. The molecular formula is C15H12ClF3N2O3S. The van der Waals surface area contributed by atoms with Crippen LogP contribution in [0.3, 0.4) is 0 Å². The summed E-state index contributed by atoms with van der Waals surface area (Å²) in [5.74, 6) is -1.05. The first-order valence-electron chi connectivity index (χ1n) is 6.81. The molecule has 0 atom stereocenters. The van der Waals surface area contributed by atoms with Gasteiger partial charge in [-0.2, -0.15) is 13.2 Å². The van der Waals surface area contributed by atoms with Crippen LogP contribution >= 0.6 is 11.6 Å². The summed E-state index contributed by atoms with van der Waals surface area (Å²) in [4.78, 5) is 11.8. The van der Waals surface area contributed by atoms with Crippen LogP contribution in [0.15, 0.2) is 53.4 Å². The first-order valence-corrected chi connectivity index (χ1v) is 8.67. The molecule has 2 aromatic rings. The Morgan fingerprint density at radius 2 is 1.64 bits per heavy atom. The number of nitrogens with one attached hydrogen (secondary N) is 2. The van der Waals surface area contributed by atoms with E-state index in [0.29, 0.717) is 5.02 Å². The van der Waals surface area contributed by atoms with E-state index in [-0.39, 0.29) is 16.1 Å². The molecule has 2 aromatic carbocycles. The summed E-state index contributed by atoms with van der Waals surface area (Å²) < 4.78 is 63.5. The highest BCUT2D eigenvalue weighted by Gasteiger charge is 2.28. The van der Waals surface area contributed by atoms with Gasteiger partial charge in [-0.25, -0.2) is 8.42 Å². The summed E-state index contributed by atoms with van der Waals surface area (Å²) in [5.41, 5.74) is -0.374. The fraction of sp³-hybridized carbons (Fsp3) is 0.133. The average molecular weight is 393 g/mol. The van der Waals surface area contributed by atoms with Crippen LogP contribution in [0.2, 0.25) is 5.02 Å². The van der Waals surface area contributed by atoms with Gasteiger partial charge in [0.15, 0.2) is 0 Å². The van der Waals surface area contributed by atoms with Crippen LogP contribution in [0.4, 0.5) is 18.9 Å². The van der Waals surface area contributed by atoms with Gasteiger partial charge in [0.1, 0.15) is 6.54 Å². The van der Waals surface area contributed by atoms with Crippen LogP contribution in [0.25, 0.3) is 0 Å². The highest BCUT2D eigenvalue weighted by atomic mass is 35.5. The summed E-state index contributed by atoms with van der Waals surface area (Å²) in [7, 11) is -4.04. The molecule has 5 nitrogen and oxygen atoms in total. The second-order valence-electron chi connectivity index (χ2n) is 4.90. The van der Waals surface area contributed by atoms with E-state index in [0.717, 1.165) is 0 Å². The molecule has 0 radical (unpaired) electrons. The van der Waals surface area contributed by atoms with Crippen LogP contribution in [0, 0.1) is 0 Å². The zero-order valence-corrected chi connectivity index (χ0v) is 14.0. The van der Waals surface area contributed by atoms with Crippen LogP contribution in [-0.4, -0.2) is 27.0 Å². The van der Waals surface area contributed by atoms with Crippen molar-refractivity contribution in [1.82, 2.24) is 5.32 Å². The van der Waals surface area contributed by atoms with Crippen LogP contribution in [0.5, 0.6) is 0 Å². The minimum absolute atomic E-state index is 0.109. The number of hydrogen-bond donors (Lipinski definition) is 2. The molecule has 0 aliphatic rings. The Labute approximate surface area is 146 Å². The van der Waals surface area contributed by atoms with E-state index in [1.807, 2.05) is 0 Å². The number of halogens is 4.